The molecule has 1 N–H and O–H groups in total. The van der Waals surface area contributed by atoms with E-state index >= 15 is 0 Å². The van der Waals surface area contributed by atoms with E-state index in [1.807, 2.05) is 18.2 Å². The highest BCUT2D eigenvalue weighted by molar-refractivity contribution is 5.85. The van der Waals surface area contributed by atoms with E-state index in [1.54, 1.807) is 12.3 Å². The number of rotatable bonds is 3. The molecule has 0 bridgehead atoms. The highest BCUT2D eigenvalue weighted by atomic mass is 14.9. The predicted octanol–water partition coefficient (Wildman–Crippen LogP) is 3.72. The number of hydrogen-bond acceptors (Lipinski definition) is 3. The summed E-state index contributed by atoms with van der Waals surface area (Å²) in [6.07, 6.45) is 1.66. The molecule has 0 atom stereocenters. The zero-order chi connectivity index (χ0) is 13.8. The molecule has 3 aromatic rings. The van der Waals surface area contributed by atoms with Crippen molar-refractivity contribution in [2.45, 2.75) is 6.54 Å². The summed E-state index contributed by atoms with van der Waals surface area (Å²) in [5.41, 5.74) is 2.56. The monoisotopic (exact) mass is 259 g/mol. The molecule has 3 heteroatoms. The van der Waals surface area contributed by atoms with Crippen LogP contribution >= 0.6 is 0 Å². The number of nitriles is 1. The molecule has 1 aromatic heterocycles. The second kappa shape index (κ2) is 5.41. The Hall–Kier alpha value is -2.86. The summed E-state index contributed by atoms with van der Waals surface area (Å²) in [5.74, 6) is 0. The number of aromatic nitrogens is 1. The van der Waals surface area contributed by atoms with Crippen LogP contribution in [0.2, 0.25) is 0 Å². The highest BCUT2D eigenvalue weighted by Gasteiger charge is 1.98. The number of anilines is 1. The molecule has 0 saturated heterocycles. The van der Waals surface area contributed by atoms with Gasteiger partial charge in [0.2, 0.25) is 0 Å². The van der Waals surface area contributed by atoms with Crippen molar-refractivity contribution in [3.05, 3.63) is 72.1 Å². The smallest absolute Gasteiger partial charge is 0.140 e. The van der Waals surface area contributed by atoms with Gasteiger partial charge in [-0.3, -0.25) is 0 Å². The summed E-state index contributed by atoms with van der Waals surface area (Å²) < 4.78 is 0. The van der Waals surface area contributed by atoms with E-state index in [-0.39, 0.29) is 0 Å². The van der Waals surface area contributed by atoms with Gasteiger partial charge < -0.3 is 5.32 Å². The van der Waals surface area contributed by atoms with E-state index in [2.05, 4.69) is 46.7 Å². The lowest BCUT2D eigenvalue weighted by Crippen LogP contribution is -2.00. The molecule has 0 unspecified atom stereocenters. The van der Waals surface area contributed by atoms with E-state index in [0.29, 0.717) is 12.2 Å². The number of nitrogens with zero attached hydrogens (tertiary/aromatic N) is 2. The molecular weight excluding hydrogens is 246 g/mol. The van der Waals surface area contributed by atoms with Crippen molar-refractivity contribution in [1.82, 2.24) is 4.98 Å². The van der Waals surface area contributed by atoms with Gasteiger partial charge in [-0.2, -0.15) is 5.26 Å². The number of nitrogens with one attached hydrogen (secondary N) is 1. The minimum absolute atomic E-state index is 0.447. The van der Waals surface area contributed by atoms with Crippen molar-refractivity contribution < 1.29 is 0 Å². The average molecular weight is 259 g/mol. The summed E-state index contributed by atoms with van der Waals surface area (Å²) in [6.45, 7) is 0.676. The van der Waals surface area contributed by atoms with Crippen molar-refractivity contribution in [2.24, 2.45) is 0 Å². The predicted molar refractivity (Wildman–Crippen MR) is 80.2 cm³/mol. The van der Waals surface area contributed by atoms with Crippen molar-refractivity contribution in [1.29, 1.82) is 5.26 Å². The molecule has 0 aliphatic rings. The molecule has 3 nitrogen and oxygen atoms in total. The van der Waals surface area contributed by atoms with E-state index in [9.17, 15) is 0 Å². The van der Waals surface area contributed by atoms with Crippen LogP contribution in [0.3, 0.4) is 0 Å². The lowest BCUT2D eigenvalue weighted by atomic mass is 10.1. The van der Waals surface area contributed by atoms with Crippen LogP contribution in [0.25, 0.3) is 10.8 Å². The lowest BCUT2D eigenvalue weighted by Gasteiger charge is -2.08. The van der Waals surface area contributed by atoms with E-state index in [4.69, 9.17) is 5.26 Å². The summed E-state index contributed by atoms with van der Waals surface area (Å²) in [6, 6.07) is 20.3. The molecule has 0 saturated carbocycles. The SMILES string of the molecule is N#Cc1cc(CNc2ccc3ccccc3c2)ccn1. The van der Waals surface area contributed by atoms with Crippen molar-refractivity contribution in [2.75, 3.05) is 5.32 Å². The first kappa shape index (κ1) is 12.2. The molecule has 96 valence electrons. The molecule has 2 aromatic carbocycles. The third-order valence-corrected chi connectivity index (χ3v) is 3.18. The molecule has 0 amide bonds. The van der Waals surface area contributed by atoms with Crippen LogP contribution in [0.15, 0.2) is 60.8 Å². The Kier molecular flexibility index (Phi) is 3.30. The highest BCUT2D eigenvalue weighted by Crippen LogP contribution is 2.19. The molecule has 0 fully saturated rings. The first-order valence-corrected chi connectivity index (χ1v) is 6.43. The first-order valence-electron chi connectivity index (χ1n) is 6.43. The minimum Gasteiger partial charge on any atom is -0.381 e. The van der Waals surface area contributed by atoms with Gasteiger partial charge in [-0.15, -0.1) is 0 Å². The average Bonchev–Trinajstić information content (AvgIpc) is 2.53. The van der Waals surface area contributed by atoms with E-state index in [0.717, 1.165) is 11.3 Å². The Morgan fingerprint density at radius 3 is 2.70 bits per heavy atom. The zero-order valence-corrected chi connectivity index (χ0v) is 10.9. The first-order chi connectivity index (χ1) is 9.85. The van der Waals surface area contributed by atoms with Crippen LogP contribution in [0.1, 0.15) is 11.3 Å². The Morgan fingerprint density at radius 1 is 1.00 bits per heavy atom. The summed E-state index contributed by atoms with van der Waals surface area (Å²) in [5, 5.41) is 14.6. The number of fused-ring (bicyclic) bond motifs is 1. The third-order valence-electron chi connectivity index (χ3n) is 3.18. The number of pyridine rings is 1. The maximum atomic E-state index is 8.83. The quantitative estimate of drug-likeness (QED) is 0.779. The van der Waals surface area contributed by atoms with Gasteiger partial charge in [-0.05, 0) is 40.6 Å². The largest absolute Gasteiger partial charge is 0.381 e. The molecule has 3 rings (SSSR count). The van der Waals surface area contributed by atoms with Gasteiger partial charge in [-0.1, -0.05) is 30.3 Å². The number of benzene rings is 2. The summed E-state index contributed by atoms with van der Waals surface area (Å²) in [4.78, 5) is 3.96. The fourth-order valence-electron chi connectivity index (χ4n) is 2.15. The Labute approximate surface area is 117 Å². The van der Waals surface area contributed by atoms with Gasteiger partial charge in [0, 0.05) is 18.4 Å². The van der Waals surface area contributed by atoms with Crippen LogP contribution in [-0.2, 0) is 6.54 Å². The zero-order valence-electron chi connectivity index (χ0n) is 10.9. The lowest BCUT2D eigenvalue weighted by molar-refractivity contribution is 1.12. The van der Waals surface area contributed by atoms with Crippen LogP contribution in [-0.4, -0.2) is 4.98 Å². The molecule has 0 spiro atoms. The van der Waals surface area contributed by atoms with Crippen LogP contribution < -0.4 is 5.32 Å². The van der Waals surface area contributed by atoms with Gasteiger partial charge in [0.05, 0.1) is 0 Å². The molecule has 0 aliphatic carbocycles. The minimum atomic E-state index is 0.447. The Bertz CT molecular complexity index is 787. The number of hydrogen-bond donors (Lipinski definition) is 1. The topological polar surface area (TPSA) is 48.7 Å². The van der Waals surface area contributed by atoms with Gasteiger partial charge >= 0.3 is 0 Å². The van der Waals surface area contributed by atoms with Crippen LogP contribution in [0, 0.1) is 11.3 Å². The van der Waals surface area contributed by atoms with E-state index < -0.39 is 0 Å². The van der Waals surface area contributed by atoms with Crippen molar-refractivity contribution in [3.8, 4) is 6.07 Å². The van der Waals surface area contributed by atoms with Crippen molar-refractivity contribution in [3.63, 3.8) is 0 Å². The van der Waals surface area contributed by atoms with Gasteiger partial charge in [0.1, 0.15) is 11.8 Å². The summed E-state index contributed by atoms with van der Waals surface area (Å²) >= 11 is 0. The van der Waals surface area contributed by atoms with Gasteiger partial charge in [-0.25, -0.2) is 4.98 Å². The van der Waals surface area contributed by atoms with Crippen LogP contribution in [0.4, 0.5) is 5.69 Å². The third kappa shape index (κ3) is 2.60. The summed E-state index contributed by atoms with van der Waals surface area (Å²) in [7, 11) is 0. The fourth-order valence-corrected chi connectivity index (χ4v) is 2.15. The standard InChI is InChI=1S/C17H13N3/c18-11-17-9-13(7-8-19-17)12-20-16-6-5-14-3-1-2-4-15(14)10-16/h1-10,20H,12H2. The van der Waals surface area contributed by atoms with E-state index in [1.165, 1.54) is 10.8 Å². The maximum absolute atomic E-state index is 8.83. The Balaban J connectivity index is 1.78. The fraction of sp³-hybridized carbons (Fsp3) is 0.0588. The molecule has 1 heterocycles. The van der Waals surface area contributed by atoms with Crippen LogP contribution in [0.5, 0.6) is 0 Å². The molecule has 0 aliphatic heterocycles. The van der Waals surface area contributed by atoms with Gasteiger partial charge in [0.15, 0.2) is 0 Å². The molecule has 20 heavy (non-hydrogen) atoms. The second-order valence-electron chi connectivity index (χ2n) is 4.58. The normalized spacial score (nSPS) is 10.2. The molecular formula is C17H13N3. The Morgan fingerprint density at radius 2 is 1.85 bits per heavy atom. The maximum Gasteiger partial charge on any atom is 0.140 e. The van der Waals surface area contributed by atoms with Gasteiger partial charge in [0.25, 0.3) is 0 Å². The molecule has 0 radical (unpaired) electrons. The second-order valence-corrected chi connectivity index (χ2v) is 4.58. The van der Waals surface area contributed by atoms with Crippen molar-refractivity contribution >= 4 is 16.5 Å².